The van der Waals surface area contributed by atoms with E-state index >= 15 is 0 Å². The smallest absolute Gasteiger partial charge is 0.255 e. The molecular weight excluding hydrogens is 382 g/mol. The van der Waals surface area contributed by atoms with E-state index in [9.17, 15) is 9.18 Å². The molecule has 0 saturated carbocycles. The summed E-state index contributed by atoms with van der Waals surface area (Å²) in [5, 5.41) is 3.43. The highest BCUT2D eigenvalue weighted by atomic mass is 127. The quantitative estimate of drug-likeness (QED) is 0.616. The van der Waals surface area contributed by atoms with Crippen LogP contribution in [0.25, 0.3) is 0 Å². The van der Waals surface area contributed by atoms with E-state index in [-0.39, 0.29) is 17.0 Å². The minimum absolute atomic E-state index is 0.156. The Labute approximate surface area is 130 Å². The molecule has 2 rings (SSSR count). The molecular formula is C13H15ClFIN2O. The van der Waals surface area contributed by atoms with Crippen LogP contribution in [0, 0.1) is 9.39 Å². The zero-order valence-corrected chi connectivity index (χ0v) is 13.5. The van der Waals surface area contributed by atoms with Crippen LogP contribution in [0.4, 0.5) is 4.39 Å². The van der Waals surface area contributed by atoms with Crippen molar-refractivity contribution in [2.75, 3.05) is 20.1 Å². The Morgan fingerprint density at radius 2 is 2.32 bits per heavy atom. The van der Waals surface area contributed by atoms with Gasteiger partial charge in [-0.15, -0.1) is 0 Å². The molecule has 1 amide bonds. The first kappa shape index (κ1) is 15.0. The summed E-state index contributed by atoms with van der Waals surface area (Å²) in [7, 11) is 1.77. The second kappa shape index (κ2) is 6.37. The summed E-state index contributed by atoms with van der Waals surface area (Å²) in [6.07, 6.45) is 2.03. The molecule has 0 radical (unpaired) electrons. The fourth-order valence-corrected chi connectivity index (χ4v) is 2.90. The van der Waals surface area contributed by atoms with E-state index in [0.717, 1.165) is 25.9 Å². The molecule has 6 heteroatoms. The Morgan fingerprint density at radius 1 is 1.58 bits per heavy atom. The number of amides is 1. The molecule has 0 unspecified atom stereocenters. The highest BCUT2D eigenvalue weighted by molar-refractivity contribution is 14.1. The van der Waals surface area contributed by atoms with Gasteiger partial charge in [0.1, 0.15) is 5.82 Å². The molecule has 19 heavy (non-hydrogen) atoms. The number of rotatable bonds is 2. The van der Waals surface area contributed by atoms with Crippen LogP contribution in [0.15, 0.2) is 12.1 Å². The Morgan fingerprint density at radius 3 is 2.95 bits per heavy atom. The molecule has 0 spiro atoms. The van der Waals surface area contributed by atoms with Crippen molar-refractivity contribution in [3.05, 3.63) is 32.1 Å². The van der Waals surface area contributed by atoms with Crippen molar-refractivity contribution in [3.8, 4) is 0 Å². The van der Waals surface area contributed by atoms with E-state index in [0.29, 0.717) is 9.13 Å². The molecule has 1 saturated heterocycles. The Bertz CT molecular complexity index is 492. The first-order valence-electron chi connectivity index (χ1n) is 6.13. The highest BCUT2D eigenvalue weighted by Crippen LogP contribution is 2.24. The van der Waals surface area contributed by atoms with Crippen LogP contribution >= 0.6 is 34.2 Å². The van der Waals surface area contributed by atoms with E-state index in [1.807, 2.05) is 22.6 Å². The molecule has 1 aromatic carbocycles. The topological polar surface area (TPSA) is 32.3 Å². The summed E-state index contributed by atoms with van der Waals surface area (Å²) in [6, 6.07) is 2.87. The second-order valence-electron chi connectivity index (χ2n) is 4.66. The molecule has 3 nitrogen and oxygen atoms in total. The third kappa shape index (κ3) is 3.38. The maximum Gasteiger partial charge on any atom is 0.255 e. The summed E-state index contributed by atoms with van der Waals surface area (Å²) >= 11 is 7.83. The minimum Gasteiger partial charge on any atom is -0.337 e. The monoisotopic (exact) mass is 396 g/mol. The van der Waals surface area contributed by atoms with Gasteiger partial charge in [0.15, 0.2) is 0 Å². The van der Waals surface area contributed by atoms with Crippen molar-refractivity contribution in [2.45, 2.75) is 18.9 Å². The van der Waals surface area contributed by atoms with Crippen molar-refractivity contribution in [1.82, 2.24) is 10.2 Å². The molecule has 1 aliphatic heterocycles. The van der Waals surface area contributed by atoms with Crippen LogP contribution in [-0.4, -0.2) is 37.0 Å². The number of benzene rings is 1. The first-order valence-corrected chi connectivity index (χ1v) is 7.59. The van der Waals surface area contributed by atoms with Gasteiger partial charge in [-0.1, -0.05) is 11.6 Å². The van der Waals surface area contributed by atoms with Crippen LogP contribution in [0.5, 0.6) is 0 Å². The Balaban J connectivity index is 2.21. The number of nitrogens with one attached hydrogen (secondary N) is 1. The number of piperidine rings is 1. The lowest BCUT2D eigenvalue weighted by atomic mass is 10.1. The van der Waals surface area contributed by atoms with Gasteiger partial charge in [0, 0.05) is 23.2 Å². The number of carbonyl (C=O) groups is 1. The summed E-state index contributed by atoms with van der Waals surface area (Å²) in [6.45, 7) is 1.78. The standard InChI is InChI=1S/C13H15ClFIN2O/c1-18(8-3-2-4-17-7-8)13(19)9-5-12(16)11(15)6-10(9)14/h5-6,8,17H,2-4,7H2,1H3/t8-/m0/s1. The van der Waals surface area contributed by atoms with Gasteiger partial charge in [0.25, 0.3) is 5.91 Å². The van der Waals surface area contributed by atoms with Crippen LogP contribution < -0.4 is 5.32 Å². The Hall–Kier alpha value is -0.400. The van der Waals surface area contributed by atoms with E-state index in [1.54, 1.807) is 11.9 Å². The minimum atomic E-state index is -0.399. The van der Waals surface area contributed by atoms with E-state index < -0.39 is 5.82 Å². The van der Waals surface area contributed by atoms with E-state index in [1.165, 1.54) is 12.1 Å². The number of nitrogens with zero attached hydrogens (tertiary/aromatic N) is 1. The van der Waals surface area contributed by atoms with Gasteiger partial charge in [-0.05, 0) is 54.1 Å². The summed E-state index contributed by atoms with van der Waals surface area (Å²) in [5.41, 5.74) is 0.362. The lowest BCUT2D eigenvalue weighted by Gasteiger charge is -2.32. The van der Waals surface area contributed by atoms with Crippen LogP contribution in [0.1, 0.15) is 23.2 Å². The van der Waals surface area contributed by atoms with Crippen LogP contribution in [-0.2, 0) is 0 Å². The summed E-state index contributed by atoms with van der Waals surface area (Å²) < 4.78 is 13.8. The van der Waals surface area contributed by atoms with Gasteiger partial charge in [-0.3, -0.25) is 4.79 Å². The lowest BCUT2D eigenvalue weighted by Crippen LogP contribution is -2.46. The van der Waals surface area contributed by atoms with E-state index in [2.05, 4.69) is 5.32 Å². The van der Waals surface area contributed by atoms with Crippen LogP contribution in [0.2, 0.25) is 5.02 Å². The van der Waals surface area contributed by atoms with Crippen molar-refractivity contribution >= 4 is 40.1 Å². The maximum absolute atomic E-state index is 13.4. The van der Waals surface area contributed by atoms with Crippen molar-refractivity contribution in [3.63, 3.8) is 0 Å². The molecule has 1 N–H and O–H groups in total. The molecule has 1 fully saturated rings. The van der Waals surface area contributed by atoms with Gasteiger partial charge in [-0.25, -0.2) is 4.39 Å². The lowest BCUT2D eigenvalue weighted by molar-refractivity contribution is 0.0708. The number of carbonyl (C=O) groups excluding carboxylic acids is 1. The third-order valence-corrected chi connectivity index (χ3v) is 4.52. The fraction of sp³-hybridized carbons (Fsp3) is 0.462. The second-order valence-corrected chi connectivity index (χ2v) is 6.23. The zero-order chi connectivity index (χ0) is 14.0. The molecule has 104 valence electrons. The largest absolute Gasteiger partial charge is 0.337 e. The van der Waals surface area contributed by atoms with Crippen molar-refractivity contribution in [1.29, 1.82) is 0 Å². The predicted molar refractivity (Wildman–Crippen MR) is 82.1 cm³/mol. The van der Waals surface area contributed by atoms with Gasteiger partial charge >= 0.3 is 0 Å². The molecule has 0 aromatic heterocycles. The number of hydrogen-bond donors (Lipinski definition) is 1. The average Bonchev–Trinajstić information content (AvgIpc) is 2.42. The SMILES string of the molecule is CN(C(=O)c1cc(I)c(F)cc1Cl)[C@H]1CCCNC1. The molecule has 1 atom stereocenters. The highest BCUT2D eigenvalue weighted by Gasteiger charge is 2.24. The van der Waals surface area contributed by atoms with Gasteiger partial charge in [-0.2, -0.15) is 0 Å². The molecule has 0 bridgehead atoms. The molecule has 1 heterocycles. The summed E-state index contributed by atoms with van der Waals surface area (Å²) in [5.74, 6) is -0.555. The molecule has 0 aliphatic carbocycles. The normalized spacial score (nSPS) is 19.3. The fourth-order valence-electron chi connectivity index (χ4n) is 2.21. The maximum atomic E-state index is 13.4. The van der Waals surface area contributed by atoms with Crippen LogP contribution in [0.3, 0.4) is 0 Å². The number of likely N-dealkylation sites (N-methyl/N-ethyl adjacent to an activating group) is 1. The van der Waals surface area contributed by atoms with Gasteiger partial charge in [0.2, 0.25) is 0 Å². The first-order chi connectivity index (χ1) is 9.00. The van der Waals surface area contributed by atoms with Gasteiger partial charge in [0.05, 0.1) is 10.6 Å². The number of hydrogen-bond acceptors (Lipinski definition) is 2. The average molecular weight is 397 g/mol. The van der Waals surface area contributed by atoms with E-state index in [4.69, 9.17) is 11.6 Å². The molecule has 1 aromatic rings. The molecule has 1 aliphatic rings. The van der Waals surface area contributed by atoms with Crippen molar-refractivity contribution < 1.29 is 9.18 Å². The summed E-state index contributed by atoms with van der Waals surface area (Å²) in [4.78, 5) is 14.1. The Kier molecular flexibility index (Phi) is 5.03. The zero-order valence-electron chi connectivity index (χ0n) is 10.5. The van der Waals surface area contributed by atoms with Gasteiger partial charge < -0.3 is 10.2 Å². The predicted octanol–water partition coefficient (Wildman–Crippen LogP) is 2.91. The number of halogens is 3. The van der Waals surface area contributed by atoms with Crippen molar-refractivity contribution in [2.24, 2.45) is 0 Å². The third-order valence-electron chi connectivity index (χ3n) is 3.38.